The second kappa shape index (κ2) is 56.7. The SMILES string of the molecule is CC/C=C\C/C=C\CCCCCCCCCC(=O)OCC(COC(=O)CCCCCCCCCCCCCCCCCCCCC)OC(=O)CCC/C=C\C/C=C\C/C=C\CCCCCCCC. The highest BCUT2D eigenvalue weighted by molar-refractivity contribution is 5.71. The van der Waals surface area contributed by atoms with Crippen molar-refractivity contribution in [1.82, 2.24) is 0 Å². The molecular formula is C62H110O6. The summed E-state index contributed by atoms with van der Waals surface area (Å²) < 4.78 is 16.8. The van der Waals surface area contributed by atoms with Crippen molar-refractivity contribution < 1.29 is 28.6 Å². The van der Waals surface area contributed by atoms with Crippen molar-refractivity contribution >= 4 is 17.9 Å². The van der Waals surface area contributed by atoms with Crippen molar-refractivity contribution in [2.45, 2.75) is 303 Å². The maximum absolute atomic E-state index is 12.8. The molecule has 0 spiro atoms. The first-order chi connectivity index (χ1) is 33.5. The van der Waals surface area contributed by atoms with Gasteiger partial charge in [-0.2, -0.15) is 0 Å². The second-order valence-corrected chi connectivity index (χ2v) is 19.5. The first-order valence-electron chi connectivity index (χ1n) is 29.3. The fourth-order valence-electron chi connectivity index (χ4n) is 8.38. The van der Waals surface area contributed by atoms with Crippen LogP contribution in [0.3, 0.4) is 0 Å². The minimum Gasteiger partial charge on any atom is -0.462 e. The fourth-order valence-corrected chi connectivity index (χ4v) is 8.38. The van der Waals surface area contributed by atoms with E-state index in [1.165, 1.54) is 173 Å². The lowest BCUT2D eigenvalue weighted by molar-refractivity contribution is -0.167. The van der Waals surface area contributed by atoms with Crippen LogP contribution in [0.1, 0.15) is 297 Å². The number of ether oxygens (including phenoxy) is 3. The predicted molar refractivity (Wildman–Crippen MR) is 293 cm³/mol. The molecule has 0 aromatic rings. The number of carbonyl (C=O) groups excluding carboxylic acids is 3. The Bertz CT molecular complexity index is 1230. The van der Waals surface area contributed by atoms with Crippen LogP contribution in [0.25, 0.3) is 0 Å². The maximum atomic E-state index is 12.8. The van der Waals surface area contributed by atoms with Gasteiger partial charge in [0.05, 0.1) is 0 Å². The van der Waals surface area contributed by atoms with Gasteiger partial charge in [-0.05, 0) is 77.0 Å². The number of allylic oxidation sites excluding steroid dienone is 10. The van der Waals surface area contributed by atoms with E-state index in [4.69, 9.17) is 14.2 Å². The smallest absolute Gasteiger partial charge is 0.306 e. The van der Waals surface area contributed by atoms with Gasteiger partial charge in [0.2, 0.25) is 0 Å². The van der Waals surface area contributed by atoms with Gasteiger partial charge >= 0.3 is 17.9 Å². The number of hydrogen-bond donors (Lipinski definition) is 0. The molecule has 0 rings (SSSR count). The Hall–Kier alpha value is -2.89. The summed E-state index contributed by atoms with van der Waals surface area (Å²) in [6.07, 6.45) is 70.8. The normalized spacial score (nSPS) is 12.5. The molecule has 6 nitrogen and oxygen atoms in total. The summed E-state index contributed by atoms with van der Waals surface area (Å²) >= 11 is 0. The van der Waals surface area contributed by atoms with E-state index in [9.17, 15) is 14.4 Å². The maximum Gasteiger partial charge on any atom is 0.306 e. The Kier molecular flexibility index (Phi) is 54.3. The molecule has 0 bridgehead atoms. The molecular weight excluding hydrogens is 841 g/mol. The summed E-state index contributed by atoms with van der Waals surface area (Å²) in [5.41, 5.74) is 0. The zero-order valence-corrected chi connectivity index (χ0v) is 45.1. The molecule has 0 N–H and O–H groups in total. The molecule has 0 radical (unpaired) electrons. The lowest BCUT2D eigenvalue weighted by Crippen LogP contribution is -2.30. The summed E-state index contributed by atoms with van der Waals surface area (Å²) in [6.45, 7) is 6.51. The number of rotatable bonds is 53. The van der Waals surface area contributed by atoms with E-state index in [1.54, 1.807) is 0 Å². The van der Waals surface area contributed by atoms with Gasteiger partial charge in [-0.15, -0.1) is 0 Å². The van der Waals surface area contributed by atoms with Crippen LogP contribution in [0.5, 0.6) is 0 Å². The highest BCUT2D eigenvalue weighted by Crippen LogP contribution is 2.16. The van der Waals surface area contributed by atoms with Crippen LogP contribution in [-0.2, 0) is 28.6 Å². The molecule has 68 heavy (non-hydrogen) atoms. The summed E-state index contributed by atoms with van der Waals surface area (Å²) in [4.78, 5) is 38.1. The molecule has 0 aliphatic rings. The lowest BCUT2D eigenvalue weighted by atomic mass is 10.0. The standard InChI is InChI=1S/C62H110O6/c1-4-7-10-13-16-19-22-25-28-30-31-33-34-37-40-43-46-49-52-55-61(64)67-58-59(57-66-60(63)54-51-48-45-42-39-36-27-24-21-18-15-12-9-6-3)68-62(65)56-53-50-47-44-41-38-35-32-29-26-23-20-17-14-11-8-5-2/h9,12,18,21,26,29,35,38,44,47,59H,4-8,10-11,13-17,19-20,22-25,27-28,30-34,36-37,39-43,45-46,48-58H2,1-3H3/b12-9-,21-18-,29-26-,38-35-,47-44-. The molecule has 0 aromatic carbocycles. The van der Waals surface area contributed by atoms with Crippen LogP contribution >= 0.6 is 0 Å². The van der Waals surface area contributed by atoms with Crippen molar-refractivity contribution in [1.29, 1.82) is 0 Å². The molecule has 0 aliphatic heterocycles. The van der Waals surface area contributed by atoms with E-state index in [0.717, 1.165) is 77.0 Å². The van der Waals surface area contributed by atoms with E-state index in [2.05, 4.69) is 81.5 Å². The molecule has 1 unspecified atom stereocenters. The van der Waals surface area contributed by atoms with Gasteiger partial charge in [0.1, 0.15) is 13.2 Å². The van der Waals surface area contributed by atoms with E-state index >= 15 is 0 Å². The third-order valence-electron chi connectivity index (χ3n) is 12.8. The van der Waals surface area contributed by atoms with Gasteiger partial charge in [0, 0.05) is 19.3 Å². The number of unbranched alkanes of at least 4 members (excludes halogenated alkanes) is 32. The van der Waals surface area contributed by atoms with E-state index < -0.39 is 6.10 Å². The van der Waals surface area contributed by atoms with Gasteiger partial charge in [-0.1, -0.05) is 261 Å². The molecule has 0 amide bonds. The molecule has 0 fully saturated rings. The highest BCUT2D eigenvalue weighted by Gasteiger charge is 2.19. The Morgan fingerprint density at radius 2 is 0.588 bits per heavy atom. The average Bonchev–Trinajstić information content (AvgIpc) is 3.34. The van der Waals surface area contributed by atoms with Crippen LogP contribution in [0.4, 0.5) is 0 Å². The topological polar surface area (TPSA) is 78.9 Å². The van der Waals surface area contributed by atoms with Gasteiger partial charge in [-0.25, -0.2) is 0 Å². The van der Waals surface area contributed by atoms with Gasteiger partial charge in [0.15, 0.2) is 6.10 Å². The summed E-state index contributed by atoms with van der Waals surface area (Å²) in [6, 6.07) is 0. The van der Waals surface area contributed by atoms with Crippen LogP contribution in [0, 0.1) is 0 Å². The molecule has 6 heteroatoms. The molecule has 0 aliphatic carbocycles. The minimum atomic E-state index is -0.802. The van der Waals surface area contributed by atoms with Crippen molar-refractivity contribution in [2.24, 2.45) is 0 Å². The number of esters is 3. The zero-order chi connectivity index (χ0) is 49.3. The van der Waals surface area contributed by atoms with Crippen molar-refractivity contribution in [3.05, 3.63) is 60.8 Å². The minimum absolute atomic E-state index is 0.0941. The third-order valence-corrected chi connectivity index (χ3v) is 12.8. The van der Waals surface area contributed by atoms with E-state index in [0.29, 0.717) is 19.3 Å². The first-order valence-corrected chi connectivity index (χ1v) is 29.3. The van der Waals surface area contributed by atoms with Crippen LogP contribution in [-0.4, -0.2) is 37.2 Å². The summed E-state index contributed by atoms with van der Waals surface area (Å²) in [7, 11) is 0. The van der Waals surface area contributed by atoms with Gasteiger partial charge in [0.25, 0.3) is 0 Å². The predicted octanol–water partition coefficient (Wildman–Crippen LogP) is 19.6. The molecule has 394 valence electrons. The Morgan fingerprint density at radius 3 is 0.941 bits per heavy atom. The average molecular weight is 952 g/mol. The highest BCUT2D eigenvalue weighted by atomic mass is 16.6. The van der Waals surface area contributed by atoms with Crippen molar-refractivity contribution in [3.8, 4) is 0 Å². The Labute approximate surface area is 421 Å². The quantitative estimate of drug-likeness (QED) is 0.0262. The largest absolute Gasteiger partial charge is 0.462 e. The van der Waals surface area contributed by atoms with Crippen molar-refractivity contribution in [3.63, 3.8) is 0 Å². The van der Waals surface area contributed by atoms with Crippen molar-refractivity contribution in [2.75, 3.05) is 13.2 Å². The Balaban J connectivity index is 4.41. The monoisotopic (exact) mass is 951 g/mol. The molecule has 0 heterocycles. The van der Waals surface area contributed by atoms with Crippen LogP contribution in [0.15, 0.2) is 60.8 Å². The zero-order valence-electron chi connectivity index (χ0n) is 45.1. The number of carbonyl (C=O) groups is 3. The summed E-state index contributed by atoms with van der Waals surface area (Å²) in [5, 5.41) is 0. The first kappa shape index (κ1) is 65.1. The van der Waals surface area contributed by atoms with Crippen LogP contribution in [0.2, 0.25) is 0 Å². The lowest BCUT2D eigenvalue weighted by Gasteiger charge is -2.18. The summed E-state index contributed by atoms with van der Waals surface area (Å²) in [5.74, 6) is -0.943. The number of hydrogen-bond acceptors (Lipinski definition) is 6. The second-order valence-electron chi connectivity index (χ2n) is 19.5. The van der Waals surface area contributed by atoms with Gasteiger partial charge in [-0.3, -0.25) is 14.4 Å². The third kappa shape index (κ3) is 54.1. The fraction of sp³-hybridized carbons (Fsp3) is 0.790. The molecule has 0 saturated carbocycles. The van der Waals surface area contributed by atoms with Crippen LogP contribution < -0.4 is 0 Å². The van der Waals surface area contributed by atoms with E-state index in [-0.39, 0.29) is 37.5 Å². The van der Waals surface area contributed by atoms with Gasteiger partial charge < -0.3 is 14.2 Å². The molecule has 1 atom stereocenters. The molecule has 0 aromatic heterocycles. The Morgan fingerprint density at radius 1 is 0.309 bits per heavy atom. The van der Waals surface area contributed by atoms with E-state index in [1.807, 2.05) is 0 Å². The molecule has 0 saturated heterocycles.